The fourth-order valence-electron chi connectivity index (χ4n) is 2.09. The average Bonchev–Trinajstić information content (AvgIpc) is 2.93. The molecule has 2 atom stereocenters. The molecule has 2 aliphatic rings. The summed E-state index contributed by atoms with van der Waals surface area (Å²) in [6.45, 7) is 0.527. The van der Waals surface area contributed by atoms with Gasteiger partial charge in [-0.15, -0.1) is 0 Å². The molecule has 0 aromatic carbocycles. The number of rotatable bonds is 2. The van der Waals surface area contributed by atoms with Crippen LogP contribution >= 0.6 is 0 Å². The molecule has 0 spiro atoms. The normalized spacial score (nSPS) is 29.3. The van der Waals surface area contributed by atoms with Crippen LogP contribution in [-0.4, -0.2) is 40.3 Å². The van der Waals surface area contributed by atoms with Crippen LogP contribution in [0, 0.1) is 5.92 Å². The number of carbonyl (C=O) groups excluding carboxylic acids is 2. The Morgan fingerprint density at radius 3 is 2.64 bits per heavy atom. The highest BCUT2D eigenvalue weighted by molar-refractivity contribution is 6.61. The summed E-state index contributed by atoms with van der Waals surface area (Å²) in [5.41, 5.74) is 0. The molecule has 1 saturated heterocycles. The van der Waals surface area contributed by atoms with Crippen molar-refractivity contribution in [2.24, 2.45) is 5.92 Å². The lowest BCUT2D eigenvalue weighted by molar-refractivity contribution is -0.157. The Bertz CT molecular complexity index is 312. The van der Waals surface area contributed by atoms with E-state index >= 15 is 0 Å². The number of hydrogen-bond acceptors (Lipinski definition) is 3. The van der Waals surface area contributed by atoms with Crippen molar-refractivity contribution in [3.63, 3.8) is 0 Å². The smallest absolute Gasteiger partial charge is 0.382 e. The van der Waals surface area contributed by atoms with E-state index in [1.807, 2.05) is 0 Å². The molecule has 2 rings (SSSR count). The summed E-state index contributed by atoms with van der Waals surface area (Å²) in [5.74, 6) is -3.30. The maximum atomic E-state index is 11.4. The topological polar surface area (TPSA) is 74.7 Å². The fraction of sp³-hybridized carbons (Fsp3) is 0.667. The summed E-state index contributed by atoms with van der Waals surface area (Å²) in [6, 6.07) is 0.138. The average molecular weight is 197 g/mol. The summed E-state index contributed by atoms with van der Waals surface area (Å²) in [7, 11) is 0. The summed E-state index contributed by atoms with van der Waals surface area (Å²) < 4.78 is 0. The van der Waals surface area contributed by atoms with Crippen LogP contribution in [0.15, 0.2) is 0 Å². The van der Waals surface area contributed by atoms with Gasteiger partial charge >= 0.3 is 17.7 Å². The van der Waals surface area contributed by atoms with Crippen molar-refractivity contribution in [3.8, 4) is 0 Å². The van der Waals surface area contributed by atoms with Crippen LogP contribution in [-0.2, 0) is 14.4 Å². The molecule has 1 saturated carbocycles. The van der Waals surface area contributed by atoms with Crippen molar-refractivity contribution >= 4 is 17.7 Å². The van der Waals surface area contributed by atoms with Gasteiger partial charge in [0.2, 0.25) is 0 Å². The Morgan fingerprint density at radius 1 is 1.29 bits per heavy atom. The maximum absolute atomic E-state index is 11.4. The van der Waals surface area contributed by atoms with E-state index in [1.54, 1.807) is 0 Å². The van der Waals surface area contributed by atoms with Crippen LogP contribution in [0.5, 0.6) is 0 Å². The number of ketones is 1. The second-order valence-electron chi connectivity index (χ2n) is 3.84. The molecular formula is C9H11NO4. The number of amides is 1. The van der Waals surface area contributed by atoms with E-state index in [0.29, 0.717) is 12.5 Å². The van der Waals surface area contributed by atoms with Gasteiger partial charge in [0.15, 0.2) is 0 Å². The van der Waals surface area contributed by atoms with Crippen molar-refractivity contribution in [2.45, 2.75) is 25.3 Å². The number of carboxylic acids is 1. The van der Waals surface area contributed by atoms with Gasteiger partial charge in [0.25, 0.3) is 0 Å². The van der Waals surface area contributed by atoms with Crippen LogP contribution in [0.1, 0.15) is 19.3 Å². The van der Waals surface area contributed by atoms with Crippen LogP contribution in [0.4, 0.5) is 0 Å². The molecule has 0 bridgehead atoms. The molecule has 5 heteroatoms. The van der Waals surface area contributed by atoms with Gasteiger partial charge in [-0.3, -0.25) is 9.59 Å². The number of Topliss-reactive ketones (excluding diaryl/α,β-unsaturated/α-hetero) is 1. The first-order chi connectivity index (χ1) is 6.61. The molecule has 0 aromatic heterocycles. The molecule has 1 heterocycles. The Kier molecular flexibility index (Phi) is 2.02. The molecule has 2 unspecified atom stereocenters. The van der Waals surface area contributed by atoms with E-state index in [2.05, 4.69) is 0 Å². The second kappa shape index (κ2) is 3.08. The molecule has 1 N–H and O–H groups in total. The zero-order valence-corrected chi connectivity index (χ0v) is 7.60. The standard InChI is InChI=1S/C9H11NO4/c11-7(9(13)14)8(12)10-3-1-2-5-4-6(5)10/h5-6H,1-4H2,(H,13,14). The molecule has 0 aromatic rings. The van der Waals surface area contributed by atoms with E-state index < -0.39 is 17.7 Å². The van der Waals surface area contributed by atoms with Crippen molar-refractivity contribution in [2.75, 3.05) is 6.54 Å². The number of likely N-dealkylation sites (tertiary alicyclic amines) is 1. The summed E-state index contributed by atoms with van der Waals surface area (Å²) in [5, 5.41) is 8.39. The van der Waals surface area contributed by atoms with Crippen LogP contribution in [0.2, 0.25) is 0 Å². The van der Waals surface area contributed by atoms with E-state index in [9.17, 15) is 14.4 Å². The largest absolute Gasteiger partial charge is 0.475 e. The second-order valence-corrected chi connectivity index (χ2v) is 3.84. The molecule has 76 valence electrons. The lowest BCUT2D eigenvalue weighted by atomic mass is 10.1. The number of carbonyl (C=O) groups is 3. The molecule has 1 amide bonds. The Balaban J connectivity index is 2.04. The summed E-state index contributed by atoms with van der Waals surface area (Å²) in [6.07, 6.45) is 2.90. The van der Waals surface area contributed by atoms with Crippen molar-refractivity contribution in [3.05, 3.63) is 0 Å². The predicted molar refractivity (Wildman–Crippen MR) is 45.5 cm³/mol. The zero-order valence-electron chi connectivity index (χ0n) is 7.60. The third-order valence-corrected chi connectivity index (χ3v) is 2.91. The minimum atomic E-state index is -1.65. The van der Waals surface area contributed by atoms with Gasteiger partial charge in [-0.1, -0.05) is 0 Å². The maximum Gasteiger partial charge on any atom is 0.382 e. The third kappa shape index (κ3) is 1.38. The minimum Gasteiger partial charge on any atom is -0.475 e. The molecule has 1 aliphatic carbocycles. The molecule has 14 heavy (non-hydrogen) atoms. The van der Waals surface area contributed by atoms with Crippen LogP contribution < -0.4 is 0 Å². The lowest BCUT2D eigenvalue weighted by Gasteiger charge is -2.25. The number of nitrogens with zero attached hydrogens (tertiary/aromatic N) is 1. The minimum absolute atomic E-state index is 0.138. The van der Waals surface area contributed by atoms with Gasteiger partial charge < -0.3 is 10.0 Å². The fourth-order valence-corrected chi connectivity index (χ4v) is 2.09. The first kappa shape index (κ1) is 9.18. The van der Waals surface area contributed by atoms with Gasteiger partial charge in [0.1, 0.15) is 0 Å². The Hall–Kier alpha value is -1.39. The highest BCUT2D eigenvalue weighted by atomic mass is 16.4. The molecule has 5 nitrogen and oxygen atoms in total. The van der Waals surface area contributed by atoms with Gasteiger partial charge in [-0.25, -0.2) is 4.79 Å². The highest BCUT2D eigenvalue weighted by Crippen LogP contribution is 2.42. The monoisotopic (exact) mass is 197 g/mol. The van der Waals surface area contributed by atoms with Crippen LogP contribution in [0.25, 0.3) is 0 Å². The van der Waals surface area contributed by atoms with E-state index in [0.717, 1.165) is 19.3 Å². The quantitative estimate of drug-likeness (QED) is 0.485. The SMILES string of the molecule is O=C(O)C(=O)C(=O)N1CCCC2CC21. The molecule has 1 aliphatic heterocycles. The number of fused-ring (bicyclic) bond motifs is 1. The van der Waals surface area contributed by atoms with Gasteiger partial charge in [-0.05, 0) is 25.2 Å². The van der Waals surface area contributed by atoms with Crippen molar-refractivity contribution < 1.29 is 19.5 Å². The summed E-state index contributed by atoms with van der Waals surface area (Å²) >= 11 is 0. The number of piperidine rings is 1. The van der Waals surface area contributed by atoms with Gasteiger partial charge in [-0.2, -0.15) is 0 Å². The number of hydrogen-bond donors (Lipinski definition) is 1. The van der Waals surface area contributed by atoms with Gasteiger partial charge in [0, 0.05) is 12.6 Å². The predicted octanol–water partition coefficient (Wildman–Crippen LogP) is -0.349. The van der Waals surface area contributed by atoms with E-state index in [-0.39, 0.29) is 6.04 Å². The molecule has 2 fully saturated rings. The Morgan fingerprint density at radius 2 is 2.00 bits per heavy atom. The van der Waals surface area contributed by atoms with Crippen molar-refractivity contribution in [1.29, 1.82) is 0 Å². The molecule has 0 radical (unpaired) electrons. The molecular weight excluding hydrogens is 186 g/mol. The zero-order chi connectivity index (χ0) is 10.3. The first-order valence-electron chi connectivity index (χ1n) is 4.69. The summed E-state index contributed by atoms with van der Waals surface area (Å²) in [4.78, 5) is 34.0. The number of aliphatic carboxylic acids is 1. The first-order valence-corrected chi connectivity index (χ1v) is 4.69. The Labute approximate surface area is 80.7 Å². The van der Waals surface area contributed by atoms with E-state index in [1.165, 1.54) is 4.90 Å². The van der Waals surface area contributed by atoms with Crippen LogP contribution in [0.3, 0.4) is 0 Å². The third-order valence-electron chi connectivity index (χ3n) is 2.91. The highest BCUT2D eigenvalue weighted by Gasteiger charge is 2.47. The number of carboxylic acid groups (broad SMARTS) is 1. The lowest BCUT2D eigenvalue weighted by Crippen LogP contribution is -2.43. The van der Waals surface area contributed by atoms with E-state index in [4.69, 9.17) is 5.11 Å². The van der Waals surface area contributed by atoms with Gasteiger partial charge in [0.05, 0.1) is 0 Å². The van der Waals surface area contributed by atoms with Crippen molar-refractivity contribution in [1.82, 2.24) is 4.90 Å².